The summed E-state index contributed by atoms with van der Waals surface area (Å²) in [6, 6.07) is 4.37. The lowest BCUT2D eigenvalue weighted by Gasteiger charge is -2.09. The van der Waals surface area contributed by atoms with Crippen molar-refractivity contribution < 1.29 is 23.1 Å². The highest BCUT2D eigenvalue weighted by atomic mass is 19.4. The summed E-state index contributed by atoms with van der Waals surface area (Å²) in [6.07, 6.45) is -4.39. The number of nitrogens with one attached hydrogen (secondary N) is 1. The van der Waals surface area contributed by atoms with E-state index in [9.17, 15) is 23.1 Å². The Balaban J connectivity index is 2.17. The Hall–Kier alpha value is -2.51. The SMILES string of the molecule is Cc1ccc(C(=O)Nc2cnc(CC(F)(F)F)n2C)cc1O. The van der Waals surface area contributed by atoms with Crippen molar-refractivity contribution in [1.82, 2.24) is 9.55 Å². The molecule has 0 saturated heterocycles. The van der Waals surface area contributed by atoms with Gasteiger partial charge in [-0.15, -0.1) is 0 Å². The molecule has 1 amide bonds. The van der Waals surface area contributed by atoms with Gasteiger partial charge in [-0.05, 0) is 24.6 Å². The molecule has 2 aromatic rings. The largest absolute Gasteiger partial charge is 0.508 e. The smallest absolute Gasteiger partial charge is 0.396 e. The van der Waals surface area contributed by atoms with Crippen LogP contribution in [0.1, 0.15) is 21.7 Å². The summed E-state index contributed by atoms with van der Waals surface area (Å²) >= 11 is 0. The zero-order chi connectivity index (χ0) is 16.5. The molecule has 2 rings (SSSR count). The van der Waals surface area contributed by atoms with E-state index in [1.807, 2.05) is 0 Å². The molecule has 1 heterocycles. The number of hydrogen-bond acceptors (Lipinski definition) is 3. The molecule has 0 aliphatic heterocycles. The first-order valence-corrected chi connectivity index (χ1v) is 6.35. The zero-order valence-corrected chi connectivity index (χ0v) is 11.9. The number of benzene rings is 1. The Kier molecular flexibility index (Phi) is 4.11. The third-order valence-corrected chi connectivity index (χ3v) is 3.16. The number of nitrogens with zero attached hydrogens (tertiary/aromatic N) is 2. The highest BCUT2D eigenvalue weighted by Crippen LogP contribution is 2.23. The Morgan fingerprint density at radius 2 is 2.09 bits per heavy atom. The normalized spacial score (nSPS) is 11.5. The molecule has 1 aromatic carbocycles. The van der Waals surface area contributed by atoms with Crippen LogP contribution in [0.25, 0.3) is 0 Å². The molecule has 0 fully saturated rings. The minimum Gasteiger partial charge on any atom is -0.508 e. The summed E-state index contributed by atoms with van der Waals surface area (Å²) in [6.45, 7) is 1.68. The van der Waals surface area contributed by atoms with E-state index in [4.69, 9.17) is 0 Å². The molecule has 0 atom stereocenters. The fourth-order valence-corrected chi connectivity index (χ4v) is 1.85. The number of carbonyl (C=O) groups excluding carboxylic acids is 1. The fraction of sp³-hybridized carbons (Fsp3) is 0.286. The van der Waals surface area contributed by atoms with Crippen molar-refractivity contribution in [3.8, 4) is 5.75 Å². The van der Waals surface area contributed by atoms with Crippen LogP contribution in [0.2, 0.25) is 0 Å². The predicted molar refractivity (Wildman–Crippen MR) is 73.8 cm³/mol. The van der Waals surface area contributed by atoms with Crippen LogP contribution in [-0.2, 0) is 13.5 Å². The first-order valence-electron chi connectivity index (χ1n) is 6.35. The van der Waals surface area contributed by atoms with Crippen LogP contribution in [-0.4, -0.2) is 26.7 Å². The monoisotopic (exact) mass is 313 g/mol. The van der Waals surface area contributed by atoms with Gasteiger partial charge in [-0.2, -0.15) is 13.2 Å². The minimum absolute atomic E-state index is 0.0320. The number of hydrogen-bond donors (Lipinski definition) is 2. The van der Waals surface area contributed by atoms with Crippen LogP contribution in [0, 0.1) is 6.92 Å². The van der Waals surface area contributed by atoms with Crippen LogP contribution in [0.15, 0.2) is 24.4 Å². The molecule has 0 saturated carbocycles. The second-order valence-electron chi connectivity index (χ2n) is 4.87. The predicted octanol–water partition coefficient (Wildman–Crippen LogP) is 2.79. The van der Waals surface area contributed by atoms with Crippen molar-refractivity contribution in [1.29, 1.82) is 0 Å². The molecule has 1 aromatic heterocycles. The lowest BCUT2D eigenvalue weighted by atomic mass is 10.1. The number of rotatable bonds is 3. The van der Waals surface area contributed by atoms with E-state index in [1.54, 1.807) is 13.0 Å². The molecule has 0 unspecified atom stereocenters. The first-order chi connectivity index (χ1) is 10.2. The van der Waals surface area contributed by atoms with Gasteiger partial charge in [-0.3, -0.25) is 4.79 Å². The van der Waals surface area contributed by atoms with Crippen molar-refractivity contribution >= 4 is 11.7 Å². The van der Waals surface area contributed by atoms with E-state index >= 15 is 0 Å². The average Bonchev–Trinajstić information content (AvgIpc) is 2.73. The summed E-state index contributed by atoms with van der Waals surface area (Å²) < 4.78 is 38.3. The maximum atomic E-state index is 12.4. The summed E-state index contributed by atoms with van der Waals surface area (Å²) in [7, 11) is 1.39. The zero-order valence-electron chi connectivity index (χ0n) is 11.9. The Morgan fingerprint density at radius 1 is 1.41 bits per heavy atom. The number of aromatic hydroxyl groups is 1. The number of halogens is 3. The third kappa shape index (κ3) is 3.57. The van der Waals surface area contributed by atoms with Crippen LogP contribution in [0.5, 0.6) is 5.75 Å². The van der Waals surface area contributed by atoms with Gasteiger partial charge in [0.25, 0.3) is 5.91 Å². The molecule has 2 N–H and O–H groups in total. The lowest BCUT2D eigenvalue weighted by Crippen LogP contribution is -2.18. The highest BCUT2D eigenvalue weighted by molar-refractivity contribution is 6.04. The van der Waals surface area contributed by atoms with Gasteiger partial charge in [0.1, 0.15) is 23.8 Å². The van der Waals surface area contributed by atoms with Gasteiger partial charge in [0.15, 0.2) is 0 Å². The van der Waals surface area contributed by atoms with Crippen LogP contribution in [0.4, 0.5) is 19.0 Å². The standard InChI is InChI=1S/C14H14F3N3O2/c1-8-3-4-9(5-10(8)21)13(22)19-12-7-18-11(20(12)2)6-14(15,16)17/h3-5,7,21H,6H2,1-2H3,(H,19,22). The molecule has 0 spiro atoms. The van der Waals surface area contributed by atoms with Gasteiger partial charge in [0.05, 0.1) is 6.20 Å². The van der Waals surface area contributed by atoms with E-state index in [0.717, 1.165) is 6.20 Å². The number of imidazole rings is 1. The number of anilines is 1. The molecule has 22 heavy (non-hydrogen) atoms. The van der Waals surface area contributed by atoms with Crippen molar-refractivity contribution in [3.05, 3.63) is 41.3 Å². The van der Waals surface area contributed by atoms with E-state index < -0.39 is 18.5 Å². The Bertz CT molecular complexity index is 708. The third-order valence-electron chi connectivity index (χ3n) is 3.16. The second kappa shape index (κ2) is 5.70. The maximum absolute atomic E-state index is 12.4. The molecule has 0 radical (unpaired) electrons. The number of alkyl halides is 3. The number of phenolic OH excluding ortho intramolecular Hbond substituents is 1. The highest BCUT2D eigenvalue weighted by Gasteiger charge is 2.30. The van der Waals surface area contributed by atoms with Crippen LogP contribution in [0.3, 0.4) is 0 Å². The van der Waals surface area contributed by atoms with Crippen molar-refractivity contribution in [2.24, 2.45) is 7.05 Å². The first kappa shape index (κ1) is 15.9. The molecule has 5 nitrogen and oxygen atoms in total. The maximum Gasteiger partial charge on any atom is 0.396 e. The number of amides is 1. The van der Waals surface area contributed by atoms with Gasteiger partial charge in [0, 0.05) is 12.6 Å². The number of carbonyl (C=O) groups is 1. The van der Waals surface area contributed by atoms with Crippen LogP contribution >= 0.6 is 0 Å². The van der Waals surface area contributed by atoms with Gasteiger partial charge in [-0.1, -0.05) is 6.07 Å². The van der Waals surface area contributed by atoms with E-state index in [0.29, 0.717) is 5.56 Å². The molecule has 0 aliphatic rings. The summed E-state index contributed by atoms with van der Waals surface area (Å²) in [5.41, 5.74) is 0.811. The van der Waals surface area contributed by atoms with Gasteiger partial charge in [0.2, 0.25) is 0 Å². The molecule has 118 valence electrons. The Labute approximate surface area is 124 Å². The fourth-order valence-electron chi connectivity index (χ4n) is 1.85. The summed E-state index contributed by atoms with van der Waals surface area (Å²) in [4.78, 5) is 15.7. The van der Waals surface area contributed by atoms with Crippen molar-refractivity contribution in [2.75, 3.05) is 5.32 Å². The minimum atomic E-state index is -4.37. The van der Waals surface area contributed by atoms with Crippen LogP contribution < -0.4 is 5.32 Å². The van der Waals surface area contributed by atoms with E-state index in [-0.39, 0.29) is 23.0 Å². The molecule has 8 heteroatoms. The molecule has 0 bridgehead atoms. The van der Waals surface area contributed by atoms with Crippen molar-refractivity contribution in [2.45, 2.75) is 19.5 Å². The molecular weight excluding hydrogens is 299 g/mol. The van der Waals surface area contributed by atoms with Gasteiger partial charge in [-0.25, -0.2) is 4.98 Å². The molecular formula is C14H14F3N3O2. The quantitative estimate of drug-likeness (QED) is 0.915. The van der Waals surface area contributed by atoms with Gasteiger partial charge < -0.3 is 15.0 Å². The summed E-state index contributed by atoms with van der Waals surface area (Å²) in [5.74, 6) is -0.633. The number of aryl methyl sites for hydroxylation is 1. The van der Waals surface area contributed by atoms with E-state index in [2.05, 4.69) is 10.3 Å². The average molecular weight is 313 g/mol. The Morgan fingerprint density at radius 3 is 2.68 bits per heavy atom. The topological polar surface area (TPSA) is 67.2 Å². The molecule has 0 aliphatic carbocycles. The van der Waals surface area contributed by atoms with E-state index in [1.165, 1.54) is 23.7 Å². The number of phenols is 1. The van der Waals surface area contributed by atoms with Crippen molar-refractivity contribution in [3.63, 3.8) is 0 Å². The lowest BCUT2D eigenvalue weighted by molar-refractivity contribution is -0.128. The summed E-state index contributed by atoms with van der Waals surface area (Å²) in [5, 5.41) is 12.0. The number of aromatic nitrogens is 2. The van der Waals surface area contributed by atoms with Gasteiger partial charge >= 0.3 is 6.18 Å². The second-order valence-corrected chi connectivity index (χ2v) is 4.87.